The largest absolute Gasteiger partial charge is 0.198 e. The monoisotopic (exact) mass is 167 g/mol. The van der Waals surface area contributed by atoms with Crippen molar-refractivity contribution in [3.05, 3.63) is 0 Å². The average molecular weight is 167 g/mol. The summed E-state index contributed by atoms with van der Waals surface area (Å²) in [4.78, 5) is 0. The molecule has 0 saturated heterocycles. The molecule has 12 heavy (non-hydrogen) atoms. The average Bonchev–Trinajstić information content (AvgIpc) is 2.00. The molecule has 0 spiro atoms. The minimum absolute atomic E-state index is 0.222. The van der Waals surface area contributed by atoms with Gasteiger partial charge in [0.05, 0.1) is 6.07 Å². The van der Waals surface area contributed by atoms with E-state index in [1.807, 2.05) is 0 Å². The van der Waals surface area contributed by atoms with E-state index in [2.05, 4.69) is 40.7 Å². The molecule has 1 heteroatoms. The van der Waals surface area contributed by atoms with Gasteiger partial charge in [-0.3, -0.25) is 0 Å². The van der Waals surface area contributed by atoms with Crippen molar-refractivity contribution in [3.63, 3.8) is 0 Å². The Morgan fingerprint density at radius 3 is 2.08 bits per heavy atom. The van der Waals surface area contributed by atoms with Crippen molar-refractivity contribution < 1.29 is 0 Å². The minimum atomic E-state index is 0.222. The Bertz CT molecular complexity index is 162. The summed E-state index contributed by atoms with van der Waals surface area (Å²) in [5.41, 5.74) is 0.324. The van der Waals surface area contributed by atoms with E-state index in [0.717, 1.165) is 12.8 Å². The zero-order valence-corrected chi connectivity index (χ0v) is 9.02. The van der Waals surface area contributed by atoms with E-state index in [1.54, 1.807) is 0 Å². The summed E-state index contributed by atoms with van der Waals surface area (Å²) in [7, 11) is 0. The van der Waals surface area contributed by atoms with E-state index in [1.165, 1.54) is 0 Å². The van der Waals surface area contributed by atoms with Crippen LogP contribution < -0.4 is 0 Å². The van der Waals surface area contributed by atoms with Crippen LogP contribution in [0.15, 0.2) is 0 Å². The summed E-state index contributed by atoms with van der Waals surface area (Å²) in [5, 5.41) is 8.91. The number of hydrogen-bond donors (Lipinski definition) is 0. The van der Waals surface area contributed by atoms with E-state index in [0.29, 0.717) is 11.3 Å². The Hall–Kier alpha value is -0.510. The van der Waals surface area contributed by atoms with E-state index in [9.17, 15) is 0 Å². The standard InChI is InChI=1S/C11H21N/c1-6-11(4,5)7-10(8-12)9(2)3/h9-10H,6-7H2,1-5H3. The maximum atomic E-state index is 8.91. The van der Waals surface area contributed by atoms with Gasteiger partial charge in [0.2, 0.25) is 0 Å². The molecule has 0 aliphatic heterocycles. The molecule has 0 rings (SSSR count). The highest BCUT2D eigenvalue weighted by Gasteiger charge is 2.23. The summed E-state index contributed by atoms with van der Waals surface area (Å²) in [6.45, 7) is 10.9. The Morgan fingerprint density at radius 2 is 1.83 bits per heavy atom. The molecule has 0 aromatic heterocycles. The first kappa shape index (κ1) is 11.5. The van der Waals surface area contributed by atoms with Gasteiger partial charge in [-0.1, -0.05) is 41.0 Å². The maximum absolute atomic E-state index is 8.91. The second-order valence-corrected chi connectivity index (χ2v) is 4.70. The maximum Gasteiger partial charge on any atom is 0.0658 e. The van der Waals surface area contributed by atoms with Crippen molar-refractivity contribution in [1.29, 1.82) is 5.26 Å². The van der Waals surface area contributed by atoms with Gasteiger partial charge in [0, 0.05) is 5.92 Å². The predicted octanol–water partition coefficient (Wildman–Crippen LogP) is 3.61. The molecular formula is C11H21N. The molecule has 1 atom stereocenters. The topological polar surface area (TPSA) is 23.8 Å². The zero-order valence-electron chi connectivity index (χ0n) is 9.02. The molecule has 0 amide bonds. The first-order valence-electron chi connectivity index (χ1n) is 4.82. The summed E-state index contributed by atoms with van der Waals surface area (Å²) in [5.74, 6) is 0.709. The van der Waals surface area contributed by atoms with Gasteiger partial charge in [-0.2, -0.15) is 5.26 Å². The lowest BCUT2D eigenvalue weighted by Gasteiger charge is -2.26. The van der Waals surface area contributed by atoms with Crippen LogP contribution in [0.3, 0.4) is 0 Å². The van der Waals surface area contributed by atoms with Crippen molar-refractivity contribution in [1.82, 2.24) is 0 Å². The van der Waals surface area contributed by atoms with Gasteiger partial charge in [-0.25, -0.2) is 0 Å². The van der Waals surface area contributed by atoms with Gasteiger partial charge in [0.1, 0.15) is 0 Å². The van der Waals surface area contributed by atoms with E-state index < -0.39 is 0 Å². The molecule has 0 aromatic carbocycles. The van der Waals surface area contributed by atoms with Gasteiger partial charge in [-0.15, -0.1) is 0 Å². The summed E-state index contributed by atoms with van der Waals surface area (Å²) in [6.07, 6.45) is 2.18. The fraction of sp³-hybridized carbons (Fsp3) is 0.909. The molecule has 0 fully saturated rings. The fourth-order valence-corrected chi connectivity index (χ4v) is 1.17. The van der Waals surface area contributed by atoms with Crippen LogP contribution in [0.4, 0.5) is 0 Å². The molecule has 1 unspecified atom stereocenters. The van der Waals surface area contributed by atoms with Crippen LogP contribution in [0.1, 0.15) is 47.5 Å². The SMILES string of the molecule is CCC(C)(C)CC(C#N)C(C)C. The number of nitriles is 1. The molecule has 0 heterocycles. The molecule has 0 saturated carbocycles. The lowest BCUT2D eigenvalue weighted by molar-refractivity contribution is 0.253. The second-order valence-electron chi connectivity index (χ2n) is 4.70. The summed E-state index contributed by atoms with van der Waals surface area (Å²) < 4.78 is 0. The lowest BCUT2D eigenvalue weighted by atomic mass is 9.77. The minimum Gasteiger partial charge on any atom is -0.198 e. The lowest BCUT2D eigenvalue weighted by Crippen LogP contribution is -2.18. The van der Waals surface area contributed by atoms with Crippen LogP contribution in [-0.4, -0.2) is 0 Å². The van der Waals surface area contributed by atoms with Gasteiger partial charge in [0.15, 0.2) is 0 Å². The molecule has 0 N–H and O–H groups in total. The van der Waals surface area contributed by atoms with Crippen molar-refractivity contribution in [2.24, 2.45) is 17.3 Å². The van der Waals surface area contributed by atoms with Crippen LogP contribution in [0, 0.1) is 28.6 Å². The molecule has 0 radical (unpaired) electrons. The van der Waals surface area contributed by atoms with Crippen LogP contribution in [0.25, 0.3) is 0 Å². The first-order valence-corrected chi connectivity index (χ1v) is 4.82. The van der Waals surface area contributed by atoms with Gasteiger partial charge in [0.25, 0.3) is 0 Å². The van der Waals surface area contributed by atoms with Crippen LogP contribution in [-0.2, 0) is 0 Å². The van der Waals surface area contributed by atoms with Gasteiger partial charge in [-0.05, 0) is 17.8 Å². The third-order valence-electron chi connectivity index (χ3n) is 2.70. The molecule has 0 aliphatic rings. The molecule has 70 valence electrons. The Labute approximate surface area is 76.8 Å². The van der Waals surface area contributed by atoms with Crippen molar-refractivity contribution >= 4 is 0 Å². The second kappa shape index (κ2) is 4.50. The van der Waals surface area contributed by atoms with Crippen molar-refractivity contribution in [2.75, 3.05) is 0 Å². The summed E-state index contributed by atoms with van der Waals surface area (Å²) in [6, 6.07) is 2.39. The van der Waals surface area contributed by atoms with E-state index >= 15 is 0 Å². The molecule has 0 bridgehead atoms. The molecule has 0 aromatic rings. The fourth-order valence-electron chi connectivity index (χ4n) is 1.17. The van der Waals surface area contributed by atoms with E-state index in [4.69, 9.17) is 5.26 Å². The third-order valence-corrected chi connectivity index (χ3v) is 2.70. The highest BCUT2D eigenvalue weighted by Crippen LogP contribution is 2.31. The molecule has 1 nitrogen and oxygen atoms in total. The van der Waals surface area contributed by atoms with Gasteiger partial charge >= 0.3 is 0 Å². The van der Waals surface area contributed by atoms with E-state index in [-0.39, 0.29) is 5.92 Å². The zero-order chi connectivity index (χ0) is 9.78. The highest BCUT2D eigenvalue weighted by atomic mass is 14.3. The number of hydrogen-bond acceptors (Lipinski definition) is 1. The third kappa shape index (κ3) is 3.76. The Balaban J connectivity index is 4.14. The number of nitrogens with zero attached hydrogens (tertiary/aromatic N) is 1. The molecular weight excluding hydrogens is 146 g/mol. The van der Waals surface area contributed by atoms with Crippen LogP contribution in [0.5, 0.6) is 0 Å². The van der Waals surface area contributed by atoms with Crippen LogP contribution >= 0.6 is 0 Å². The van der Waals surface area contributed by atoms with Crippen molar-refractivity contribution in [3.8, 4) is 6.07 Å². The van der Waals surface area contributed by atoms with Crippen molar-refractivity contribution in [2.45, 2.75) is 47.5 Å². The normalized spacial score (nSPS) is 14.4. The van der Waals surface area contributed by atoms with Crippen LogP contribution in [0.2, 0.25) is 0 Å². The molecule has 0 aliphatic carbocycles. The predicted molar refractivity (Wildman–Crippen MR) is 52.6 cm³/mol. The highest BCUT2D eigenvalue weighted by molar-refractivity contribution is 4.88. The van der Waals surface area contributed by atoms with Gasteiger partial charge < -0.3 is 0 Å². The Morgan fingerprint density at radius 1 is 1.33 bits per heavy atom. The summed E-state index contributed by atoms with van der Waals surface area (Å²) >= 11 is 0. The first-order chi connectivity index (χ1) is 5.43. The number of rotatable bonds is 4. The Kier molecular flexibility index (Phi) is 4.31. The quantitative estimate of drug-likeness (QED) is 0.627. The smallest absolute Gasteiger partial charge is 0.0658 e.